The van der Waals surface area contributed by atoms with Gasteiger partial charge in [0.25, 0.3) is 0 Å². The van der Waals surface area contributed by atoms with Gasteiger partial charge in [-0.2, -0.15) is 0 Å². The molecule has 1 amide bonds. The van der Waals surface area contributed by atoms with Gasteiger partial charge < -0.3 is 9.64 Å². The van der Waals surface area contributed by atoms with Crippen molar-refractivity contribution in [2.24, 2.45) is 0 Å². The second-order valence-electron chi connectivity index (χ2n) is 6.85. The molecule has 1 aliphatic rings. The van der Waals surface area contributed by atoms with E-state index in [9.17, 15) is 9.59 Å². The minimum absolute atomic E-state index is 0.0255. The van der Waals surface area contributed by atoms with Crippen molar-refractivity contribution in [3.63, 3.8) is 0 Å². The first-order valence-electron chi connectivity index (χ1n) is 8.41. The molecule has 0 aliphatic carbocycles. The number of hydrogen-bond acceptors (Lipinski definition) is 3. The number of fused-ring (bicyclic) bond motifs is 1. The Balaban J connectivity index is 2.08. The third kappa shape index (κ3) is 3.60. The summed E-state index contributed by atoms with van der Waals surface area (Å²) in [5.41, 5.74) is 2.57. The van der Waals surface area contributed by atoms with Gasteiger partial charge >= 0.3 is 5.97 Å². The topological polar surface area (TPSA) is 46.6 Å². The van der Waals surface area contributed by atoms with Gasteiger partial charge in [-0.25, -0.2) is 4.79 Å². The van der Waals surface area contributed by atoms with Crippen LogP contribution in [0.1, 0.15) is 30.5 Å². The van der Waals surface area contributed by atoms with Crippen LogP contribution in [0.15, 0.2) is 42.5 Å². The maximum absolute atomic E-state index is 13.2. The Morgan fingerprint density at radius 1 is 1.22 bits per heavy atom. The van der Waals surface area contributed by atoms with Crippen LogP contribution in [-0.2, 0) is 26.3 Å². The summed E-state index contributed by atoms with van der Waals surface area (Å²) >= 11 is 12.3. The van der Waals surface area contributed by atoms with Gasteiger partial charge in [-0.1, -0.05) is 47.5 Å². The molecule has 1 heterocycles. The zero-order valence-corrected chi connectivity index (χ0v) is 16.8. The van der Waals surface area contributed by atoms with E-state index in [-0.39, 0.29) is 5.91 Å². The highest BCUT2D eigenvalue weighted by molar-refractivity contribution is 6.35. The molecule has 0 saturated heterocycles. The maximum Gasteiger partial charge on any atom is 0.330 e. The summed E-state index contributed by atoms with van der Waals surface area (Å²) in [6.45, 7) is 4.10. The normalized spacial score (nSPS) is 15.3. The molecule has 3 rings (SSSR count). The van der Waals surface area contributed by atoms with Gasteiger partial charge in [-0.15, -0.1) is 0 Å². The molecule has 2 aromatic carbocycles. The fourth-order valence-electron chi connectivity index (χ4n) is 3.25. The zero-order valence-electron chi connectivity index (χ0n) is 15.3. The highest BCUT2D eigenvalue weighted by Crippen LogP contribution is 2.45. The van der Waals surface area contributed by atoms with Gasteiger partial charge in [-0.3, -0.25) is 4.79 Å². The minimum atomic E-state index is -0.677. The molecule has 0 unspecified atom stereocenters. The Bertz CT molecular complexity index is 950. The van der Waals surface area contributed by atoms with Crippen molar-refractivity contribution in [3.05, 3.63) is 69.2 Å². The Labute approximate surface area is 168 Å². The summed E-state index contributed by atoms with van der Waals surface area (Å²) in [7, 11) is 1.32. The molecule has 140 valence electrons. The van der Waals surface area contributed by atoms with Crippen molar-refractivity contribution in [2.75, 3.05) is 12.0 Å². The number of carbonyl (C=O) groups is 2. The number of amides is 1. The molecule has 6 heteroatoms. The van der Waals surface area contributed by atoms with Crippen molar-refractivity contribution in [1.82, 2.24) is 0 Å². The molecule has 0 N–H and O–H groups in total. The SMILES string of the molecule is COC(=O)/C=C/c1cccc2c1N(Cc1ccc(Cl)cc1Cl)C(=O)C2(C)C. The fraction of sp³-hybridized carbons (Fsp3) is 0.238. The Morgan fingerprint density at radius 3 is 2.63 bits per heavy atom. The molecule has 4 nitrogen and oxygen atoms in total. The van der Waals surface area contributed by atoms with E-state index >= 15 is 0 Å². The number of anilines is 1. The second kappa shape index (κ2) is 7.37. The number of benzene rings is 2. The van der Waals surface area contributed by atoms with Crippen molar-refractivity contribution in [3.8, 4) is 0 Å². The minimum Gasteiger partial charge on any atom is -0.466 e. The van der Waals surface area contributed by atoms with Gasteiger partial charge in [0.05, 0.1) is 24.8 Å². The fourth-order valence-corrected chi connectivity index (χ4v) is 3.72. The average molecular weight is 404 g/mol. The van der Waals surface area contributed by atoms with E-state index in [2.05, 4.69) is 4.74 Å². The van der Waals surface area contributed by atoms with Crippen molar-refractivity contribution in [1.29, 1.82) is 0 Å². The number of hydrogen-bond donors (Lipinski definition) is 0. The lowest BCUT2D eigenvalue weighted by atomic mass is 9.85. The largest absolute Gasteiger partial charge is 0.466 e. The van der Waals surface area contributed by atoms with Gasteiger partial charge in [0, 0.05) is 16.1 Å². The van der Waals surface area contributed by atoms with E-state index in [0.717, 1.165) is 22.4 Å². The molecule has 0 fully saturated rings. The third-order valence-corrected chi connectivity index (χ3v) is 5.32. The van der Waals surface area contributed by atoms with Crippen LogP contribution in [0.3, 0.4) is 0 Å². The predicted molar refractivity (Wildman–Crippen MR) is 108 cm³/mol. The number of carbonyl (C=O) groups excluding carboxylic acids is 2. The molecular weight excluding hydrogens is 385 g/mol. The molecule has 0 aromatic heterocycles. The molecule has 0 spiro atoms. The molecular formula is C21H19Cl2NO3. The molecule has 0 radical (unpaired) electrons. The van der Waals surface area contributed by atoms with Crippen molar-refractivity contribution < 1.29 is 14.3 Å². The van der Waals surface area contributed by atoms with Crippen LogP contribution in [0.5, 0.6) is 0 Å². The van der Waals surface area contributed by atoms with E-state index in [1.165, 1.54) is 13.2 Å². The van der Waals surface area contributed by atoms with E-state index in [1.54, 1.807) is 23.1 Å². The van der Waals surface area contributed by atoms with E-state index in [0.29, 0.717) is 16.6 Å². The Morgan fingerprint density at radius 2 is 1.96 bits per heavy atom. The lowest BCUT2D eigenvalue weighted by molar-refractivity contribution is -0.134. The molecule has 2 aromatic rings. The monoisotopic (exact) mass is 403 g/mol. The second-order valence-corrected chi connectivity index (χ2v) is 7.70. The summed E-state index contributed by atoms with van der Waals surface area (Å²) in [6, 6.07) is 10.9. The standard InChI is InChI=1S/C21H19Cl2NO3/c1-21(2)16-6-4-5-13(8-10-18(25)27-3)19(16)24(20(21)26)12-14-7-9-15(22)11-17(14)23/h4-11H,12H2,1-3H3/b10-8+. The van der Waals surface area contributed by atoms with Crippen molar-refractivity contribution in [2.45, 2.75) is 25.8 Å². The maximum atomic E-state index is 13.2. The number of esters is 1. The summed E-state index contributed by atoms with van der Waals surface area (Å²) < 4.78 is 4.67. The van der Waals surface area contributed by atoms with Crippen LogP contribution < -0.4 is 4.90 Å². The van der Waals surface area contributed by atoms with Crippen LogP contribution in [0.4, 0.5) is 5.69 Å². The summed E-state index contributed by atoms with van der Waals surface area (Å²) in [5.74, 6) is -0.481. The average Bonchev–Trinajstić information content (AvgIpc) is 2.83. The number of nitrogens with zero attached hydrogens (tertiary/aromatic N) is 1. The van der Waals surface area contributed by atoms with Crippen molar-refractivity contribution >= 4 is 46.8 Å². The van der Waals surface area contributed by atoms with Gasteiger partial charge in [0.2, 0.25) is 5.91 Å². The molecule has 0 atom stereocenters. The van der Waals surface area contributed by atoms with Crippen LogP contribution in [0.2, 0.25) is 10.0 Å². The summed E-state index contributed by atoms with van der Waals surface area (Å²) in [6.07, 6.45) is 3.01. The van der Waals surface area contributed by atoms with Gasteiger partial charge in [0.15, 0.2) is 0 Å². The molecule has 27 heavy (non-hydrogen) atoms. The van der Waals surface area contributed by atoms with Gasteiger partial charge in [0.1, 0.15) is 0 Å². The third-order valence-electron chi connectivity index (χ3n) is 4.73. The first-order chi connectivity index (χ1) is 12.8. The Hall–Kier alpha value is -2.30. The lowest BCUT2D eigenvalue weighted by Crippen LogP contribution is -2.35. The Kier molecular flexibility index (Phi) is 5.31. The first kappa shape index (κ1) is 19.5. The van der Waals surface area contributed by atoms with Gasteiger partial charge in [-0.05, 0) is 48.7 Å². The number of methoxy groups -OCH3 is 1. The summed E-state index contributed by atoms with van der Waals surface area (Å²) in [5, 5.41) is 1.04. The highest BCUT2D eigenvalue weighted by atomic mass is 35.5. The number of ether oxygens (including phenoxy) is 1. The van der Waals surface area contributed by atoms with Crippen LogP contribution in [0, 0.1) is 0 Å². The number of halogens is 2. The summed E-state index contributed by atoms with van der Waals surface area (Å²) in [4.78, 5) is 26.4. The van der Waals surface area contributed by atoms with E-state index in [1.807, 2.05) is 38.1 Å². The van der Waals surface area contributed by atoms with Crippen LogP contribution in [0.25, 0.3) is 6.08 Å². The van der Waals surface area contributed by atoms with Crippen LogP contribution in [-0.4, -0.2) is 19.0 Å². The molecule has 0 bridgehead atoms. The smallest absolute Gasteiger partial charge is 0.330 e. The molecule has 0 saturated carbocycles. The van der Waals surface area contributed by atoms with E-state index in [4.69, 9.17) is 23.2 Å². The van der Waals surface area contributed by atoms with Crippen LogP contribution >= 0.6 is 23.2 Å². The van der Waals surface area contributed by atoms with E-state index < -0.39 is 11.4 Å². The first-order valence-corrected chi connectivity index (χ1v) is 9.16. The highest BCUT2D eigenvalue weighted by Gasteiger charge is 2.44. The predicted octanol–water partition coefficient (Wildman–Crippen LogP) is 5.00. The number of rotatable bonds is 4. The zero-order chi connectivity index (χ0) is 19.8. The number of para-hydroxylation sites is 1. The molecule has 1 aliphatic heterocycles. The quantitative estimate of drug-likeness (QED) is 0.532. The lowest BCUT2D eigenvalue weighted by Gasteiger charge is -2.22.